The Morgan fingerprint density at radius 3 is 2.48 bits per heavy atom. The van der Waals surface area contributed by atoms with Crippen LogP contribution in [0.4, 0.5) is 4.39 Å². The molecule has 0 radical (unpaired) electrons. The van der Waals surface area contributed by atoms with Crippen LogP contribution in [-0.2, 0) is 0 Å². The molecule has 138 valence electrons. The molecule has 1 fully saturated rings. The second-order valence-electron chi connectivity index (χ2n) is 7.88. The Labute approximate surface area is 152 Å². The van der Waals surface area contributed by atoms with Gasteiger partial charge >= 0.3 is 0 Å². The number of ether oxygens (including phenoxy) is 1. The van der Waals surface area contributed by atoms with E-state index in [0.29, 0.717) is 5.92 Å². The summed E-state index contributed by atoms with van der Waals surface area (Å²) in [5, 5.41) is 0. The number of allylic oxidation sites excluding steroid dienone is 1. The summed E-state index contributed by atoms with van der Waals surface area (Å²) in [5.74, 6) is 2.44. The second kappa shape index (κ2) is 9.40. The molecule has 2 heteroatoms. The van der Waals surface area contributed by atoms with Gasteiger partial charge in [0.25, 0.3) is 0 Å². The van der Waals surface area contributed by atoms with E-state index in [9.17, 15) is 4.39 Å². The van der Waals surface area contributed by atoms with Crippen molar-refractivity contribution in [1.29, 1.82) is 0 Å². The maximum atomic E-state index is 14.3. The van der Waals surface area contributed by atoms with Gasteiger partial charge < -0.3 is 4.74 Å². The fourth-order valence-electron chi connectivity index (χ4n) is 4.45. The van der Waals surface area contributed by atoms with Crippen LogP contribution in [0.25, 0.3) is 0 Å². The van der Waals surface area contributed by atoms with Crippen molar-refractivity contribution in [3.63, 3.8) is 0 Å². The van der Waals surface area contributed by atoms with Crippen LogP contribution in [0.1, 0.15) is 82.6 Å². The molecule has 0 N–H and O–H groups in total. The van der Waals surface area contributed by atoms with E-state index in [2.05, 4.69) is 25.1 Å². The highest BCUT2D eigenvalue weighted by Crippen LogP contribution is 2.37. The summed E-state index contributed by atoms with van der Waals surface area (Å²) in [6.07, 6.45) is 13.4. The number of halogens is 1. The van der Waals surface area contributed by atoms with Crippen molar-refractivity contribution in [3.8, 4) is 5.75 Å². The first-order chi connectivity index (χ1) is 12.3. The van der Waals surface area contributed by atoms with Crippen LogP contribution >= 0.6 is 0 Å². The van der Waals surface area contributed by atoms with Crippen LogP contribution in [0.15, 0.2) is 35.9 Å². The van der Waals surface area contributed by atoms with Crippen LogP contribution in [0.5, 0.6) is 5.75 Å². The monoisotopic (exact) mass is 344 g/mol. The Hall–Kier alpha value is -1.31. The third-order valence-corrected chi connectivity index (χ3v) is 6.02. The summed E-state index contributed by atoms with van der Waals surface area (Å²) in [6.45, 7) is 2.44. The molecule has 1 aromatic carbocycles. The van der Waals surface area contributed by atoms with Gasteiger partial charge in [-0.3, -0.25) is 0 Å². The normalized spacial score (nSPS) is 25.3. The molecule has 1 atom stereocenters. The van der Waals surface area contributed by atoms with Gasteiger partial charge in [-0.2, -0.15) is 0 Å². The van der Waals surface area contributed by atoms with Crippen molar-refractivity contribution < 1.29 is 9.13 Å². The largest absolute Gasteiger partial charge is 0.490 e. The van der Waals surface area contributed by atoms with Gasteiger partial charge in [-0.25, -0.2) is 4.39 Å². The van der Waals surface area contributed by atoms with Gasteiger partial charge in [-0.1, -0.05) is 38.0 Å². The average molecular weight is 345 g/mol. The molecule has 0 amide bonds. The zero-order valence-corrected chi connectivity index (χ0v) is 15.7. The highest BCUT2D eigenvalue weighted by molar-refractivity contribution is 5.30. The van der Waals surface area contributed by atoms with Crippen molar-refractivity contribution in [1.82, 2.24) is 0 Å². The minimum atomic E-state index is -0.950. The van der Waals surface area contributed by atoms with Crippen LogP contribution in [0.2, 0.25) is 0 Å². The number of benzene rings is 1. The van der Waals surface area contributed by atoms with E-state index in [0.717, 1.165) is 36.5 Å². The lowest BCUT2D eigenvalue weighted by Gasteiger charge is -2.28. The lowest BCUT2D eigenvalue weighted by molar-refractivity contribution is 0.215. The summed E-state index contributed by atoms with van der Waals surface area (Å²) < 4.78 is 19.9. The Kier molecular flexibility index (Phi) is 6.95. The molecule has 3 rings (SSSR count). The number of alkyl halides is 1. The van der Waals surface area contributed by atoms with Crippen molar-refractivity contribution in [2.75, 3.05) is 6.61 Å². The van der Waals surface area contributed by atoms with Gasteiger partial charge in [0.05, 0.1) is 0 Å². The zero-order chi connectivity index (χ0) is 17.5. The molecule has 0 spiro atoms. The zero-order valence-electron chi connectivity index (χ0n) is 15.7. The Bertz CT molecular complexity index is 540. The first-order valence-corrected chi connectivity index (χ1v) is 10.3. The topological polar surface area (TPSA) is 9.23 Å². The van der Waals surface area contributed by atoms with E-state index in [1.807, 2.05) is 12.1 Å². The molecule has 0 heterocycles. The van der Waals surface area contributed by atoms with E-state index in [1.165, 1.54) is 50.5 Å². The van der Waals surface area contributed by atoms with Gasteiger partial charge in [-0.15, -0.1) is 0 Å². The van der Waals surface area contributed by atoms with Crippen LogP contribution in [0.3, 0.4) is 0 Å². The molecule has 0 aromatic heterocycles. The number of hydrogen-bond donors (Lipinski definition) is 0. The standard InChI is InChI=1S/C23H33FO/c1-2-6-18-9-11-19(12-10-18)20-13-15-22(16-14-20)25-17-23(24)21-7-4-3-5-8-21/h7,13-16,18-19,23H,2-6,8-12,17H2,1H3. The summed E-state index contributed by atoms with van der Waals surface area (Å²) in [6, 6.07) is 8.42. The maximum absolute atomic E-state index is 14.3. The molecule has 0 bridgehead atoms. The molecule has 1 aromatic rings. The molecular formula is C23H33FO. The molecule has 2 aliphatic carbocycles. The van der Waals surface area contributed by atoms with Gasteiger partial charge in [0.1, 0.15) is 12.4 Å². The third-order valence-electron chi connectivity index (χ3n) is 6.02. The summed E-state index contributed by atoms with van der Waals surface area (Å²) >= 11 is 0. The second-order valence-corrected chi connectivity index (χ2v) is 7.88. The van der Waals surface area contributed by atoms with Crippen LogP contribution in [-0.4, -0.2) is 12.8 Å². The highest BCUT2D eigenvalue weighted by Gasteiger charge is 2.22. The molecular weight excluding hydrogens is 311 g/mol. The summed E-state index contributed by atoms with van der Waals surface area (Å²) in [7, 11) is 0. The van der Waals surface area contributed by atoms with Gasteiger partial charge in [0.2, 0.25) is 0 Å². The molecule has 1 nitrogen and oxygen atoms in total. The van der Waals surface area contributed by atoms with E-state index in [-0.39, 0.29) is 6.61 Å². The van der Waals surface area contributed by atoms with E-state index < -0.39 is 6.17 Å². The smallest absolute Gasteiger partial charge is 0.155 e. The van der Waals surface area contributed by atoms with Crippen LogP contribution < -0.4 is 4.74 Å². The maximum Gasteiger partial charge on any atom is 0.155 e. The van der Waals surface area contributed by atoms with Crippen molar-refractivity contribution in [3.05, 3.63) is 41.5 Å². The number of hydrogen-bond acceptors (Lipinski definition) is 1. The predicted octanol–water partition coefficient (Wildman–Crippen LogP) is 6.98. The molecule has 1 unspecified atom stereocenters. The Balaban J connectivity index is 1.46. The highest BCUT2D eigenvalue weighted by atomic mass is 19.1. The molecule has 0 aliphatic heterocycles. The minimum Gasteiger partial charge on any atom is -0.490 e. The fraction of sp³-hybridized carbons (Fsp3) is 0.652. The van der Waals surface area contributed by atoms with Gasteiger partial charge in [-0.05, 0) is 86.5 Å². The third kappa shape index (κ3) is 5.33. The van der Waals surface area contributed by atoms with Crippen LogP contribution in [0, 0.1) is 5.92 Å². The molecule has 1 saturated carbocycles. The predicted molar refractivity (Wildman–Crippen MR) is 103 cm³/mol. The molecule has 0 saturated heterocycles. The Morgan fingerprint density at radius 1 is 1.08 bits per heavy atom. The lowest BCUT2D eigenvalue weighted by atomic mass is 9.77. The first kappa shape index (κ1) is 18.5. The van der Waals surface area contributed by atoms with Gasteiger partial charge in [0.15, 0.2) is 6.17 Å². The fourth-order valence-corrected chi connectivity index (χ4v) is 4.45. The van der Waals surface area contributed by atoms with Gasteiger partial charge in [0, 0.05) is 0 Å². The summed E-state index contributed by atoms with van der Waals surface area (Å²) in [5.41, 5.74) is 2.36. The average Bonchev–Trinajstić information content (AvgIpc) is 2.68. The quantitative estimate of drug-likeness (QED) is 0.485. The Morgan fingerprint density at radius 2 is 1.84 bits per heavy atom. The minimum absolute atomic E-state index is 0.146. The van der Waals surface area contributed by atoms with Crippen molar-refractivity contribution >= 4 is 0 Å². The van der Waals surface area contributed by atoms with Crippen molar-refractivity contribution in [2.24, 2.45) is 5.92 Å². The van der Waals surface area contributed by atoms with E-state index in [1.54, 1.807) is 0 Å². The van der Waals surface area contributed by atoms with Crippen molar-refractivity contribution in [2.45, 2.75) is 83.2 Å². The SMILES string of the molecule is CCCC1CCC(c2ccc(OCC(F)C3=CCCCC3)cc2)CC1. The molecule has 25 heavy (non-hydrogen) atoms. The molecule has 2 aliphatic rings. The lowest BCUT2D eigenvalue weighted by Crippen LogP contribution is -2.17. The van der Waals surface area contributed by atoms with E-state index in [4.69, 9.17) is 4.74 Å². The van der Waals surface area contributed by atoms with E-state index >= 15 is 0 Å². The first-order valence-electron chi connectivity index (χ1n) is 10.3. The summed E-state index contributed by atoms with van der Waals surface area (Å²) in [4.78, 5) is 0. The number of rotatable bonds is 7.